The molecule has 132 valence electrons. The minimum Gasteiger partial charge on any atom is -0.497 e. The van der Waals surface area contributed by atoms with E-state index >= 15 is 0 Å². The number of carbonyl (C=O) groups excluding carboxylic acids is 2. The van der Waals surface area contributed by atoms with Crippen molar-refractivity contribution in [2.45, 2.75) is 0 Å². The molecule has 2 aromatic rings. The summed E-state index contributed by atoms with van der Waals surface area (Å²) in [6.45, 7) is 0.0691. The van der Waals surface area contributed by atoms with Crippen LogP contribution in [0.5, 0.6) is 11.5 Å². The van der Waals surface area contributed by atoms with Crippen molar-refractivity contribution in [3.63, 3.8) is 0 Å². The number of benzene rings is 2. The Morgan fingerprint density at radius 1 is 1.00 bits per heavy atom. The maximum absolute atomic E-state index is 12.1. The lowest BCUT2D eigenvalue weighted by atomic mass is 10.2. The first kappa shape index (κ1) is 18.1. The van der Waals surface area contributed by atoms with Crippen molar-refractivity contribution in [2.75, 3.05) is 38.4 Å². The molecule has 0 bridgehead atoms. The number of ether oxygens (including phenoxy) is 2. The molecule has 0 aliphatic rings. The second-order valence-electron chi connectivity index (χ2n) is 5.12. The maximum Gasteiger partial charge on any atom is 0.251 e. The Hall–Kier alpha value is -3.22. The molecule has 0 unspecified atom stereocenters. The Kier molecular flexibility index (Phi) is 6.22. The van der Waals surface area contributed by atoms with Crippen LogP contribution in [0.25, 0.3) is 0 Å². The molecule has 0 radical (unpaired) electrons. The zero-order chi connectivity index (χ0) is 18.2. The number of carbonyl (C=O) groups is 2. The fourth-order valence-electron chi connectivity index (χ4n) is 2.17. The SMILES string of the molecule is CNC(=O)c1ccc(NCC(=O)Nc2cc(OC)ccc2OC)cc1. The molecule has 0 saturated heterocycles. The topological polar surface area (TPSA) is 88.7 Å². The van der Waals surface area contributed by atoms with Gasteiger partial charge in [-0.1, -0.05) is 0 Å². The fourth-order valence-corrected chi connectivity index (χ4v) is 2.17. The Balaban J connectivity index is 1.96. The van der Waals surface area contributed by atoms with Crippen molar-refractivity contribution in [3.05, 3.63) is 48.0 Å². The lowest BCUT2D eigenvalue weighted by molar-refractivity contribution is -0.114. The Morgan fingerprint density at radius 2 is 1.72 bits per heavy atom. The van der Waals surface area contributed by atoms with Gasteiger partial charge in [0.25, 0.3) is 5.91 Å². The summed E-state index contributed by atoms with van der Waals surface area (Å²) in [4.78, 5) is 23.6. The van der Waals surface area contributed by atoms with E-state index in [1.807, 2.05) is 0 Å². The molecular weight excluding hydrogens is 322 g/mol. The van der Waals surface area contributed by atoms with Crippen molar-refractivity contribution in [2.24, 2.45) is 0 Å². The van der Waals surface area contributed by atoms with Crippen LogP contribution in [0.4, 0.5) is 11.4 Å². The normalized spacial score (nSPS) is 9.88. The van der Waals surface area contributed by atoms with E-state index in [9.17, 15) is 9.59 Å². The Bertz CT molecular complexity index is 744. The summed E-state index contributed by atoms with van der Waals surface area (Å²) in [7, 11) is 4.66. The first-order valence-corrected chi connectivity index (χ1v) is 7.65. The first-order valence-electron chi connectivity index (χ1n) is 7.65. The van der Waals surface area contributed by atoms with Crippen molar-refractivity contribution in [1.29, 1.82) is 0 Å². The van der Waals surface area contributed by atoms with Gasteiger partial charge >= 0.3 is 0 Å². The van der Waals surface area contributed by atoms with E-state index in [0.717, 1.165) is 5.69 Å². The zero-order valence-corrected chi connectivity index (χ0v) is 14.4. The van der Waals surface area contributed by atoms with Crippen molar-refractivity contribution in [1.82, 2.24) is 5.32 Å². The van der Waals surface area contributed by atoms with E-state index in [1.54, 1.807) is 56.6 Å². The Labute approximate surface area is 146 Å². The highest BCUT2D eigenvalue weighted by molar-refractivity contribution is 5.96. The van der Waals surface area contributed by atoms with Gasteiger partial charge in [0.15, 0.2) is 0 Å². The van der Waals surface area contributed by atoms with Gasteiger partial charge in [0.05, 0.1) is 26.5 Å². The van der Waals surface area contributed by atoms with Crippen LogP contribution in [0.3, 0.4) is 0 Å². The van der Waals surface area contributed by atoms with Gasteiger partial charge in [0, 0.05) is 24.4 Å². The summed E-state index contributed by atoms with van der Waals surface area (Å²) in [6, 6.07) is 12.0. The van der Waals surface area contributed by atoms with E-state index in [0.29, 0.717) is 22.7 Å². The highest BCUT2D eigenvalue weighted by Gasteiger charge is 2.09. The number of amides is 2. The van der Waals surface area contributed by atoms with E-state index < -0.39 is 0 Å². The van der Waals surface area contributed by atoms with E-state index in [1.165, 1.54) is 7.11 Å². The number of hydrogen-bond donors (Lipinski definition) is 3. The van der Waals surface area contributed by atoms with Crippen LogP contribution in [0, 0.1) is 0 Å². The van der Waals surface area contributed by atoms with Crippen molar-refractivity contribution >= 4 is 23.2 Å². The molecule has 25 heavy (non-hydrogen) atoms. The molecule has 0 spiro atoms. The number of anilines is 2. The molecule has 2 aromatic carbocycles. The fraction of sp³-hybridized carbons (Fsp3) is 0.222. The molecule has 0 fully saturated rings. The lowest BCUT2D eigenvalue weighted by Gasteiger charge is -2.12. The minimum absolute atomic E-state index is 0.0691. The summed E-state index contributed by atoms with van der Waals surface area (Å²) < 4.78 is 10.4. The van der Waals surface area contributed by atoms with Gasteiger partial charge < -0.3 is 25.4 Å². The predicted octanol–water partition coefficient (Wildman–Crippen LogP) is 2.11. The molecule has 0 atom stereocenters. The third-order valence-corrected chi connectivity index (χ3v) is 3.51. The quantitative estimate of drug-likeness (QED) is 0.717. The van der Waals surface area contributed by atoms with Crippen LogP contribution in [0.1, 0.15) is 10.4 Å². The van der Waals surface area contributed by atoms with Crippen LogP contribution < -0.4 is 25.4 Å². The molecule has 0 aromatic heterocycles. The van der Waals surface area contributed by atoms with Gasteiger partial charge in [0.1, 0.15) is 11.5 Å². The lowest BCUT2D eigenvalue weighted by Crippen LogP contribution is -2.22. The number of rotatable bonds is 7. The minimum atomic E-state index is -0.234. The highest BCUT2D eigenvalue weighted by Crippen LogP contribution is 2.28. The van der Waals surface area contributed by atoms with Crippen LogP contribution in [-0.4, -0.2) is 39.6 Å². The third-order valence-electron chi connectivity index (χ3n) is 3.51. The smallest absolute Gasteiger partial charge is 0.251 e. The zero-order valence-electron chi connectivity index (χ0n) is 14.4. The van der Waals surface area contributed by atoms with Crippen LogP contribution in [-0.2, 0) is 4.79 Å². The molecule has 0 aliphatic carbocycles. The largest absolute Gasteiger partial charge is 0.497 e. The summed E-state index contributed by atoms with van der Waals surface area (Å²) >= 11 is 0. The average molecular weight is 343 g/mol. The molecule has 0 saturated carbocycles. The molecule has 0 heterocycles. The van der Waals surface area contributed by atoms with Crippen molar-refractivity contribution < 1.29 is 19.1 Å². The predicted molar refractivity (Wildman–Crippen MR) is 96.5 cm³/mol. The number of hydrogen-bond acceptors (Lipinski definition) is 5. The molecule has 7 heteroatoms. The molecule has 2 rings (SSSR count). The first-order chi connectivity index (χ1) is 12.1. The van der Waals surface area contributed by atoms with Gasteiger partial charge in [-0.3, -0.25) is 9.59 Å². The highest BCUT2D eigenvalue weighted by atomic mass is 16.5. The van der Waals surface area contributed by atoms with Crippen LogP contribution in [0.2, 0.25) is 0 Å². The van der Waals surface area contributed by atoms with Crippen molar-refractivity contribution in [3.8, 4) is 11.5 Å². The summed E-state index contributed by atoms with van der Waals surface area (Å²) in [5.41, 5.74) is 1.82. The monoisotopic (exact) mass is 343 g/mol. The van der Waals surface area contributed by atoms with E-state index in [-0.39, 0.29) is 18.4 Å². The van der Waals surface area contributed by atoms with Gasteiger partial charge in [-0.25, -0.2) is 0 Å². The maximum atomic E-state index is 12.1. The third kappa shape index (κ3) is 4.87. The van der Waals surface area contributed by atoms with Crippen LogP contribution >= 0.6 is 0 Å². The van der Waals surface area contributed by atoms with Gasteiger partial charge in [-0.15, -0.1) is 0 Å². The molecule has 3 N–H and O–H groups in total. The second kappa shape index (κ2) is 8.58. The van der Waals surface area contributed by atoms with E-state index in [4.69, 9.17) is 9.47 Å². The summed E-state index contributed by atoms with van der Waals surface area (Å²) in [5, 5.41) is 8.33. The molecule has 2 amide bonds. The van der Waals surface area contributed by atoms with Gasteiger partial charge in [0.2, 0.25) is 5.91 Å². The summed E-state index contributed by atoms with van der Waals surface area (Å²) in [6.07, 6.45) is 0. The van der Waals surface area contributed by atoms with Gasteiger partial charge in [-0.2, -0.15) is 0 Å². The number of nitrogens with one attached hydrogen (secondary N) is 3. The molecule has 7 nitrogen and oxygen atoms in total. The van der Waals surface area contributed by atoms with E-state index in [2.05, 4.69) is 16.0 Å². The summed E-state index contributed by atoms with van der Waals surface area (Å²) in [5.74, 6) is 0.772. The second-order valence-corrected chi connectivity index (χ2v) is 5.12. The standard InChI is InChI=1S/C18H21N3O4/c1-19-18(23)12-4-6-13(7-5-12)20-11-17(22)21-15-10-14(24-2)8-9-16(15)25-3/h4-10,20H,11H2,1-3H3,(H,19,23)(H,21,22). The molecule has 0 aliphatic heterocycles. The average Bonchev–Trinajstić information content (AvgIpc) is 2.66. The number of methoxy groups -OCH3 is 2. The van der Waals surface area contributed by atoms with Gasteiger partial charge in [-0.05, 0) is 36.4 Å². The Morgan fingerprint density at radius 3 is 2.32 bits per heavy atom. The molecular formula is C18H21N3O4. The van der Waals surface area contributed by atoms with Crippen LogP contribution in [0.15, 0.2) is 42.5 Å².